The number of hydrogen-bond donors (Lipinski definition) is 2. The number of nitrogens with zero attached hydrogens (tertiary/aromatic N) is 2. The highest BCUT2D eigenvalue weighted by molar-refractivity contribution is 5.92. The van der Waals surface area contributed by atoms with Crippen molar-refractivity contribution in [2.24, 2.45) is 5.41 Å². The maximum Gasteiger partial charge on any atom is 0.0715 e. The first-order valence-corrected chi connectivity index (χ1v) is 12.5. The number of benzene rings is 1. The first-order valence-electron chi connectivity index (χ1n) is 12.5. The zero-order valence-corrected chi connectivity index (χ0v) is 21.5. The monoisotopic (exact) mass is 447 g/mol. The van der Waals surface area contributed by atoms with Crippen molar-refractivity contribution in [3.8, 4) is 11.3 Å². The Morgan fingerprint density at radius 1 is 1.06 bits per heavy atom. The maximum absolute atomic E-state index is 10.5. The normalized spacial score (nSPS) is 17.2. The first-order chi connectivity index (χ1) is 15.5. The Hall–Kier alpha value is -2.17. The standard InChI is InChI=1S/C29H41N3O/c1-18(2)27-24-16-22(21-10-12-32(13-11-21)17-26(33)29(5,6)7)8-9-25(24)31-28(27)23-14-19(3)30-20(4)15-23/h8-9,14-16,18,21,26,31,33H,10-13,17H2,1-7H3. The second-order valence-electron chi connectivity index (χ2n) is 11.5. The molecule has 0 radical (unpaired) electrons. The van der Waals surface area contributed by atoms with Gasteiger partial charge in [-0.3, -0.25) is 4.98 Å². The van der Waals surface area contributed by atoms with Gasteiger partial charge in [-0.1, -0.05) is 40.7 Å². The van der Waals surface area contributed by atoms with Crippen LogP contribution in [0.4, 0.5) is 0 Å². The fourth-order valence-electron chi connectivity index (χ4n) is 5.26. The molecule has 4 nitrogen and oxygen atoms in total. The number of H-pyrrole nitrogens is 1. The average Bonchev–Trinajstić information content (AvgIpc) is 3.12. The summed E-state index contributed by atoms with van der Waals surface area (Å²) in [4.78, 5) is 10.7. The Kier molecular flexibility index (Phi) is 6.70. The molecule has 1 aliphatic rings. The smallest absolute Gasteiger partial charge is 0.0715 e. The van der Waals surface area contributed by atoms with Crippen molar-refractivity contribution >= 4 is 10.9 Å². The van der Waals surface area contributed by atoms with E-state index in [1.54, 1.807) is 0 Å². The lowest BCUT2D eigenvalue weighted by atomic mass is 9.86. The summed E-state index contributed by atoms with van der Waals surface area (Å²) in [5.74, 6) is 1.01. The van der Waals surface area contributed by atoms with E-state index in [1.165, 1.54) is 33.3 Å². The SMILES string of the molecule is Cc1cc(-c2[nH]c3ccc(C4CCN(CC(O)C(C)(C)C)CC4)cc3c2C(C)C)cc(C)n1. The third-order valence-electron chi connectivity index (χ3n) is 7.30. The number of aryl methyl sites for hydroxylation is 2. The molecular weight excluding hydrogens is 406 g/mol. The van der Waals surface area contributed by atoms with Gasteiger partial charge in [-0.2, -0.15) is 0 Å². The van der Waals surface area contributed by atoms with Crippen LogP contribution in [0.15, 0.2) is 30.3 Å². The van der Waals surface area contributed by atoms with Crippen molar-refractivity contribution in [3.63, 3.8) is 0 Å². The van der Waals surface area contributed by atoms with E-state index in [2.05, 4.69) is 93.7 Å². The van der Waals surface area contributed by atoms with Gasteiger partial charge in [0.1, 0.15) is 0 Å². The van der Waals surface area contributed by atoms with Gasteiger partial charge in [-0.05, 0) is 92.4 Å². The molecule has 2 N–H and O–H groups in total. The molecule has 0 saturated carbocycles. The molecule has 0 spiro atoms. The molecule has 1 atom stereocenters. The highest BCUT2D eigenvalue weighted by Crippen LogP contribution is 2.38. The van der Waals surface area contributed by atoms with E-state index >= 15 is 0 Å². The summed E-state index contributed by atoms with van der Waals surface area (Å²) in [7, 11) is 0. The molecule has 1 unspecified atom stereocenters. The van der Waals surface area contributed by atoms with Crippen LogP contribution in [0.1, 0.15) is 81.8 Å². The Morgan fingerprint density at radius 2 is 1.70 bits per heavy atom. The third kappa shape index (κ3) is 5.17. The summed E-state index contributed by atoms with van der Waals surface area (Å²) >= 11 is 0. The molecule has 3 aromatic rings. The Morgan fingerprint density at radius 3 is 2.27 bits per heavy atom. The van der Waals surface area contributed by atoms with Gasteiger partial charge in [0.2, 0.25) is 0 Å². The van der Waals surface area contributed by atoms with Gasteiger partial charge in [0.15, 0.2) is 0 Å². The zero-order chi connectivity index (χ0) is 23.9. The van der Waals surface area contributed by atoms with Crippen molar-refractivity contribution in [1.29, 1.82) is 0 Å². The molecule has 178 valence electrons. The van der Waals surface area contributed by atoms with Crippen LogP contribution in [0.5, 0.6) is 0 Å². The van der Waals surface area contributed by atoms with Crippen molar-refractivity contribution in [2.75, 3.05) is 19.6 Å². The molecular formula is C29H41N3O. The van der Waals surface area contributed by atoms with E-state index in [0.29, 0.717) is 11.8 Å². The number of β-amino-alcohol motifs (C(OH)–C–C–N with tert-alkyl or cyclic N) is 1. The molecule has 1 saturated heterocycles. The van der Waals surface area contributed by atoms with Gasteiger partial charge in [-0.25, -0.2) is 0 Å². The van der Waals surface area contributed by atoms with E-state index < -0.39 is 0 Å². The predicted octanol–water partition coefficient (Wildman–Crippen LogP) is 6.56. The largest absolute Gasteiger partial charge is 0.391 e. The summed E-state index contributed by atoms with van der Waals surface area (Å²) < 4.78 is 0. The third-order valence-corrected chi connectivity index (χ3v) is 7.30. The summed E-state index contributed by atoms with van der Waals surface area (Å²) in [6.45, 7) is 18.0. The van der Waals surface area contributed by atoms with Crippen LogP contribution in [0.2, 0.25) is 0 Å². The fraction of sp³-hybridized carbons (Fsp3) is 0.552. The first kappa shape index (κ1) is 24.0. The van der Waals surface area contributed by atoms with E-state index in [4.69, 9.17) is 0 Å². The van der Waals surface area contributed by atoms with Crippen LogP contribution in [0.25, 0.3) is 22.2 Å². The minimum Gasteiger partial charge on any atom is -0.391 e. The van der Waals surface area contributed by atoms with Crippen LogP contribution in [0.3, 0.4) is 0 Å². The number of aliphatic hydroxyl groups is 1. The Labute approximate surface area is 199 Å². The average molecular weight is 448 g/mol. The zero-order valence-electron chi connectivity index (χ0n) is 21.5. The lowest BCUT2D eigenvalue weighted by Gasteiger charge is -2.36. The second-order valence-corrected chi connectivity index (χ2v) is 11.5. The summed E-state index contributed by atoms with van der Waals surface area (Å²) in [5.41, 5.74) is 8.59. The number of likely N-dealkylation sites (tertiary alicyclic amines) is 1. The number of piperidine rings is 1. The van der Waals surface area contributed by atoms with Crippen LogP contribution in [0, 0.1) is 19.3 Å². The van der Waals surface area contributed by atoms with Gasteiger partial charge >= 0.3 is 0 Å². The lowest BCUT2D eigenvalue weighted by Crippen LogP contribution is -2.42. The van der Waals surface area contributed by atoms with Gasteiger partial charge in [0.05, 0.1) is 11.8 Å². The van der Waals surface area contributed by atoms with E-state index in [-0.39, 0.29) is 11.5 Å². The van der Waals surface area contributed by atoms with Crippen molar-refractivity contribution in [1.82, 2.24) is 14.9 Å². The molecule has 1 aliphatic heterocycles. The minimum absolute atomic E-state index is 0.0625. The second kappa shape index (κ2) is 9.23. The highest BCUT2D eigenvalue weighted by Gasteiger charge is 2.28. The molecule has 3 heterocycles. The minimum atomic E-state index is -0.280. The lowest BCUT2D eigenvalue weighted by molar-refractivity contribution is 0.0219. The molecule has 33 heavy (non-hydrogen) atoms. The number of rotatable bonds is 5. The molecule has 4 rings (SSSR count). The number of fused-ring (bicyclic) bond motifs is 1. The molecule has 1 aromatic carbocycles. The Bertz CT molecular complexity index is 1090. The van der Waals surface area contributed by atoms with E-state index in [0.717, 1.165) is 43.9 Å². The quantitative estimate of drug-likeness (QED) is 0.466. The van der Waals surface area contributed by atoms with Gasteiger partial charge in [0, 0.05) is 34.4 Å². The summed E-state index contributed by atoms with van der Waals surface area (Å²) in [6.07, 6.45) is 2.02. The van der Waals surface area contributed by atoms with Gasteiger partial charge < -0.3 is 15.0 Å². The maximum atomic E-state index is 10.5. The molecule has 0 amide bonds. The molecule has 0 bridgehead atoms. The van der Waals surface area contributed by atoms with Crippen molar-refractivity contribution in [2.45, 2.75) is 79.2 Å². The molecule has 2 aromatic heterocycles. The van der Waals surface area contributed by atoms with Crippen LogP contribution >= 0.6 is 0 Å². The van der Waals surface area contributed by atoms with Crippen molar-refractivity contribution in [3.05, 3.63) is 52.8 Å². The number of aromatic nitrogens is 2. The molecule has 4 heteroatoms. The van der Waals surface area contributed by atoms with Crippen LogP contribution < -0.4 is 0 Å². The van der Waals surface area contributed by atoms with Gasteiger partial charge in [0.25, 0.3) is 0 Å². The number of hydrogen-bond acceptors (Lipinski definition) is 3. The topological polar surface area (TPSA) is 52.2 Å². The summed E-state index contributed by atoms with van der Waals surface area (Å²) in [5, 5.41) is 11.9. The predicted molar refractivity (Wildman–Crippen MR) is 139 cm³/mol. The van der Waals surface area contributed by atoms with E-state index in [1.807, 2.05) is 0 Å². The fourth-order valence-corrected chi connectivity index (χ4v) is 5.26. The number of nitrogens with one attached hydrogen (secondary N) is 1. The van der Waals surface area contributed by atoms with Crippen molar-refractivity contribution < 1.29 is 5.11 Å². The number of aromatic amines is 1. The van der Waals surface area contributed by atoms with Gasteiger partial charge in [-0.15, -0.1) is 0 Å². The molecule has 0 aliphatic carbocycles. The summed E-state index contributed by atoms with van der Waals surface area (Å²) in [6, 6.07) is 11.4. The Balaban J connectivity index is 1.59. The highest BCUT2D eigenvalue weighted by atomic mass is 16.3. The molecule has 1 fully saturated rings. The van der Waals surface area contributed by atoms with E-state index in [9.17, 15) is 5.11 Å². The number of pyridine rings is 1. The van der Waals surface area contributed by atoms with Crippen LogP contribution in [-0.4, -0.2) is 45.7 Å². The number of aliphatic hydroxyl groups excluding tert-OH is 1. The van der Waals surface area contributed by atoms with Crippen LogP contribution in [-0.2, 0) is 0 Å².